The first-order chi connectivity index (χ1) is 7.25. The van der Waals surface area contributed by atoms with Crippen molar-refractivity contribution in [3.05, 3.63) is 35.9 Å². The van der Waals surface area contributed by atoms with Crippen LogP contribution in [0.4, 0.5) is 0 Å². The van der Waals surface area contributed by atoms with Crippen molar-refractivity contribution >= 4 is 0 Å². The minimum absolute atomic E-state index is 0.150. The van der Waals surface area contributed by atoms with Crippen LogP contribution in [0.25, 0.3) is 0 Å². The molecule has 0 spiro atoms. The Kier molecular flexibility index (Phi) is 3.39. The maximum absolute atomic E-state index is 9.78. The number of aliphatic hydroxyl groups excluding tert-OH is 1. The first-order valence-corrected chi connectivity index (χ1v) is 5.70. The molecule has 1 aromatic rings. The van der Waals surface area contributed by atoms with Crippen molar-refractivity contribution in [2.45, 2.75) is 26.0 Å². The summed E-state index contributed by atoms with van der Waals surface area (Å²) in [6.07, 6.45) is 0.955. The Bertz CT molecular complexity index is 299. The van der Waals surface area contributed by atoms with Gasteiger partial charge in [-0.05, 0) is 24.4 Å². The van der Waals surface area contributed by atoms with Gasteiger partial charge < -0.3 is 5.11 Å². The third kappa shape index (κ3) is 2.80. The zero-order valence-electron chi connectivity index (χ0n) is 9.26. The molecular weight excluding hydrogens is 186 g/mol. The number of hydrogen-bond donors (Lipinski definition) is 1. The van der Waals surface area contributed by atoms with Crippen molar-refractivity contribution < 1.29 is 5.11 Å². The number of β-amino-alcohol motifs (C(OH)–C–C–N with tert-alkyl or cyclic N) is 1. The van der Waals surface area contributed by atoms with Gasteiger partial charge in [0, 0.05) is 13.1 Å². The normalized spacial score (nSPS) is 27.9. The van der Waals surface area contributed by atoms with Crippen LogP contribution in [0.15, 0.2) is 30.3 Å². The van der Waals surface area contributed by atoms with E-state index in [4.69, 9.17) is 0 Å². The predicted octanol–water partition coefficient (Wildman–Crippen LogP) is 1.89. The van der Waals surface area contributed by atoms with Gasteiger partial charge in [0.1, 0.15) is 0 Å². The van der Waals surface area contributed by atoms with Crippen LogP contribution in [-0.2, 0) is 6.54 Å². The molecule has 1 fully saturated rings. The zero-order valence-corrected chi connectivity index (χ0v) is 9.26. The van der Waals surface area contributed by atoms with Crippen molar-refractivity contribution in [1.29, 1.82) is 0 Å². The summed E-state index contributed by atoms with van der Waals surface area (Å²) in [5.74, 6) is 0.456. The lowest BCUT2D eigenvalue weighted by molar-refractivity contribution is 0.0259. The summed E-state index contributed by atoms with van der Waals surface area (Å²) in [6.45, 7) is 5.01. The van der Waals surface area contributed by atoms with E-state index in [1.165, 1.54) is 5.56 Å². The lowest BCUT2D eigenvalue weighted by Gasteiger charge is -2.34. The average molecular weight is 205 g/mol. The molecule has 1 aliphatic heterocycles. The molecule has 0 aliphatic carbocycles. The Morgan fingerprint density at radius 3 is 2.73 bits per heavy atom. The number of piperidine rings is 1. The standard InChI is InChI=1S/C13H19NO/c1-11-7-8-14(10-13(11)15)9-12-5-3-2-4-6-12/h2-6,11,13,15H,7-10H2,1H3/t11-,13+/m0/s1. The summed E-state index contributed by atoms with van der Waals surface area (Å²) in [4.78, 5) is 2.33. The van der Waals surface area contributed by atoms with Crippen LogP contribution in [0, 0.1) is 5.92 Å². The highest BCUT2D eigenvalue weighted by molar-refractivity contribution is 5.14. The van der Waals surface area contributed by atoms with Crippen LogP contribution in [0.3, 0.4) is 0 Å². The van der Waals surface area contributed by atoms with E-state index in [1.807, 2.05) is 6.07 Å². The second-order valence-electron chi connectivity index (χ2n) is 4.55. The van der Waals surface area contributed by atoms with Crippen LogP contribution in [0.5, 0.6) is 0 Å². The number of likely N-dealkylation sites (tertiary alicyclic amines) is 1. The second kappa shape index (κ2) is 4.77. The van der Waals surface area contributed by atoms with Crippen molar-refractivity contribution in [3.8, 4) is 0 Å². The number of hydrogen-bond acceptors (Lipinski definition) is 2. The Hall–Kier alpha value is -0.860. The van der Waals surface area contributed by atoms with E-state index >= 15 is 0 Å². The molecule has 2 heteroatoms. The first-order valence-electron chi connectivity index (χ1n) is 5.70. The molecule has 1 heterocycles. The van der Waals surface area contributed by atoms with Crippen LogP contribution >= 0.6 is 0 Å². The average Bonchev–Trinajstić information content (AvgIpc) is 2.25. The van der Waals surface area contributed by atoms with Crippen molar-refractivity contribution in [2.75, 3.05) is 13.1 Å². The van der Waals surface area contributed by atoms with E-state index in [0.29, 0.717) is 5.92 Å². The van der Waals surface area contributed by atoms with Gasteiger partial charge in [-0.1, -0.05) is 37.3 Å². The number of rotatable bonds is 2. The monoisotopic (exact) mass is 205 g/mol. The molecular formula is C13H19NO. The van der Waals surface area contributed by atoms with Gasteiger partial charge in [-0.2, -0.15) is 0 Å². The summed E-state index contributed by atoms with van der Waals surface area (Å²) >= 11 is 0. The van der Waals surface area contributed by atoms with Gasteiger partial charge >= 0.3 is 0 Å². The van der Waals surface area contributed by atoms with Crippen LogP contribution in [0.1, 0.15) is 18.9 Å². The Labute approximate surface area is 91.5 Å². The van der Waals surface area contributed by atoms with Gasteiger partial charge in [0.05, 0.1) is 6.10 Å². The van der Waals surface area contributed by atoms with Gasteiger partial charge in [-0.15, -0.1) is 0 Å². The predicted molar refractivity (Wildman–Crippen MR) is 61.5 cm³/mol. The summed E-state index contributed by atoms with van der Waals surface area (Å²) in [6, 6.07) is 10.5. The maximum Gasteiger partial charge on any atom is 0.0693 e. The van der Waals surface area contributed by atoms with Crippen molar-refractivity contribution in [1.82, 2.24) is 4.90 Å². The lowest BCUT2D eigenvalue weighted by atomic mass is 9.96. The van der Waals surface area contributed by atoms with E-state index in [2.05, 4.69) is 36.1 Å². The van der Waals surface area contributed by atoms with Gasteiger partial charge in [-0.25, -0.2) is 0 Å². The van der Waals surface area contributed by atoms with Gasteiger partial charge in [0.15, 0.2) is 0 Å². The molecule has 2 rings (SSSR count). The third-order valence-electron chi connectivity index (χ3n) is 3.25. The zero-order chi connectivity index (χ0) is 10.7. The molecule has 0 bridgehead atoms. The smallest absolute Gasteiger partial charge is 0.0693 e. The minimum atomic E-state index is -0.150. The summed E-state index contributed by atoms with van der Waals surface area (Å²) in [5, 5.41) is 9.78. The van der Waals surface area contributed by atoms with Crippen LogP contribution in [-0.4, -0.2) is 29.2 Å². The summed E-state index contributed by atoms with van der Waals surface area (Å²) in [7, 11) is 0. The van der Waals surface area contributed by atoms with E-state index in [1.54, 1.807) is 0 Å². The molecule has 0 saturated carbocycles. The molecule has 1 N–H and O–H groups in total. The Balaban J connectivity index is 1.91. The fourth-order valence-electron chi connectivity index (χ4n) is 2.10. The van der Waals surface area contributed by atoms with Gasteiger partial charge in [-0.3, -0.25) is 4.90 Å². The summed E-state index contributed by atoms with van der Waals surface area (Å²) in [5.41, 5.74) is 1.33. The molecule has 0 unspecified atom stereocenters. The highest BCUT2D eigenvalue weighted by atomic mass is 16.3. The third-order valence-corrected chi connectivity index (χ3v) is 3.25. The van der Waals surface area contributed by atoms with E-state index < -0.39 is 0 Å². The van der Waals surface area contributed by atoms with Gasteiger partial charge in [0.2, 0.25) is 0 Å². The Morgan fingerprint density at radius 1 is 1.33 bits per heavy atom. The fraction of sp³-hybridized carbons (Fsp3) is 0.538. The first kappa shape index (κ1) is 10.7. The summed E-state index contributed by atoms with van der Waals surface area (Å²) < 4.78 is 0. The number of aliphatic hydroxyl groups is 1. The molecule has 2 nitrogen and oxygen atoms in total. The lowest BCUT2D eigenvalue weighted by Crippen LogP contribution is -2.42. The molecule has 0 amide bonds. The molecule has 1 aromatic carbocycles. The topological polar surface area (TPSA) is 23.5 Å². The van der Waals surface area contributed by atoms with E-state index in [0.717, 1.165) is 26.1 Å². The quantitative estimate of drug-likeness (QED) is 0.797. The molecule has 82 valence electrons. The highest BCUT2D eigenvalue weighted by Gasteiger charge is 2.23. The van der Waals surface area contributed by atoms with Crippen LogP contribution < -0.4 is 0 Å². The maximum atomic E-state index is 9.78. The molecule has 0 aromatic heterocycles. The largest absolute Gasteiger partial charge is 0.392 e. The molecule has 15 heavy (non-hydrogen) atoms. The SMILES string of the molecule is C[C@H]1CCN(Cc2ccccc2)C[C@H]1O. The van der Waals surface area contributed by atoms with Crippen molar-refractivity contribution in [3.63, 3.8) is 0 Å². The van der Waals surface area contributed by atoms with Gasteiger partial charge in [0.25, 0.3) is 0 Å². The van der Waals surface area contributed by atoms with E-state index in [9.17, 15) is 5.11 Å². The fourth-order valence-corrected chi connectivity index (χ4v) is 2.10. The highest BCUT2D eigenvalue weighted by Crippen LogP contribution is 2.18. The molecule has 2 atom stereocenters. The Morgan fingerprint density at radius 2 is 2.07 bits per heavy atom. The van der Waals surface area contributed by atoms with E-state index in [-0.39, 0.29) is 6.10 Å². The number of nitrogens with zero attached hydrogens (tertiary/aromatic N) is 1. The van der Waals surface area contributed by atoms with Crippen molar-refractivity contribution in [2.24, 2.45) is 5.92 Å². The van der Waals surface area contributed by atoms with Crippen LogP contribution in [0.2, 0.25) is 0 Å². The molecule has 0 radical (unpaired) electrons. The molecule has 1 aliphatic rings. The minimum Gasteiger partial charge on any atom is -0.392 e. The number of benzene rings is 1. The second-order valence-corrected chi connectivity index (χ2v) is 4.55. The molecule has 1 saturated heterocycles.